The summed E-state index contributed by atoms with van der Waals surface area (Å²) in [5.74, 6) is 0. The molecule has 0 saturated carbocycles. The fourth-order valence-electron chi connectivity index (χ4n) is 4.10. The number of likely N-dealkylation sites (tertiary alicyclic amines) is 1. The van der Waals surface area contributed by atoms with Crippen LogP contribution in [-0.4, -0.2) is 65.0 Å². The largest absolute Gasteiger partial charge is 0.297 e. The summed E-state index contributed by atoms with van der Waals surface area (Å²) in [7, 11) is 0. The highest BCUT2D eigenvalue weighted by Gasteiger charge is 2.29. The zero-order valence-electron chi connectivity index (χ0n) is 14.9. The molecule has 0 aliphatic carbocycles. The predicted molar refractivity (Wildman–Crippen MR) is 101 cm³/mol. The van der Waals surface area contributed by atoms with E-state index in [0.717, 1.165) is 32.2 Å². The summed E-state index contributed by atoms with van der Waals surface area (Å²) in [4.78, 5) is 12.3. The Morgan fingerprint density at radius 1 is 0.800 bits per heavy atom. The molecule has 4 nitrogen and oxygen atoms in total. The van der Waals surface area contributed by atoms with Gasteiger partial charge in [0.2, 0.25) is 0 Å². The molecule has 0 radical (unpaired) electrons. The Morgan fingerprint density at radius 3 is 2.36 bits per heavy atom. The van der Waals surface area contributed by atoms with Gasteiger partial charge in [-0.15, -0.1) is 0 Å². The van der Waals surface area contributed by atoms with Crippen molar-refractivity contribution >= 4 is 0 Å². The van der Waals surface area contributed by atoms with E-state index >= 15 is 0 Å². The molecule has 2 fully saturated rings. The third kappa shape index (κ3) is 4.46. The van der Waals surface area contributed by atoms with E-state index < -0.39 is 0 Å². The third-order valence-electron chi connectivity index (χ3n) is 5.53. The molecule has 0 amide bonds. The van der Waals surface area contributed by atoms with Gasteiger partial charge in [-0.05, 0) is 24.1 Å². The molecule has 0 spiro atoms. The van der Waals surface area contributed by atoms with E-state index in [9.17, 15) is 0 Å². The summed E-state index contributed by atoms with van der Waals surface area (Å²) in [5.41, 5.74) is 2.62. The monoisotopic (exact) mass is 336 g/mol. The fraction of sp³-hybridized carbons (Fsp3) is 0.476. The van der Waals surface area contributed by atoms with Gasteiger partial charge in [0.25, 0.3) is 0 Å². The fourth-order valence-corrected chi connectivity index (χ4v) is 4.10. The first-order valence-corrected chi connectivity index (χ1v) is 9.49. The minimum absolute atomic E-state index is 0.737. The molecule has 2 aromatic rings. The molecule has 132 valence electrons. The molecule has 4 heteroatoms. The van der Waals surface area contributed by atoms with Crippen molar-refractivity contribution in [3.05, 3.63) is 66.0 Å². The van der Waals surface area contributed by atoms with E-state index in [4.69, 9.17) is 0 Å². The summed E-state index contributed by atoms with van der Waals surface area (Å²) in [6.07, 6.45) is 3.21. The van der Waals surface area contributed by atoms with Gasteiger partial charge in [-0.2, -0.15) is 0 Å². The van der Waals surface area contributed by atoms with Gasteiger partial charge in [-0.1, -0.05) is 36.4 Å². The number of hydrogen-bond donors (Lipinski definition) is 0. The van der Waals surface area contributed by atoms with Gasteiger partial charge in [-0.25, -0.2) is 0 Å². The van der Waals surface area contributed by atoms with Crippen molar-refractivity contribution in [2.45, 2.75) is 25.6 Å². The molecule has 0 bridgehead atoms. The van der Waals surface area contributed by atoms with E-state index in [1.54, 1.807) is 0 Å². The van der Waals surface area contributed by atoms with Gasteiger partial charge in [0.1, 0.15) is 0 Å². The van der Waals surface area contributed by atoms with E-state index in [1.165, 1.54) is 43.9 Å². The third-order valence-corrected chi connectivity index (χ3v) is 5.53. The van der Waals surface area contributed by atoms with Crippen molar-refractivity contribution in [1.82, 2.24) is 19.7 Å². The zero-order valence-corrected chi connectivity index (χ0v) is 14.9. The van der Waals surface area contributed by atoms with Crippen molar-refractivity contribution in [2.75, 3.05) is 39.3 Å². The molecule has 2 aliphatic rings. The maximum absolute atomic E-state index is 4.46. The quantitative estimate of drug-likeness (QED) is 0.836. The second kappa shape index (κ2) is 8.09. The van der Waals surface area contributed by atoms with E-state index in [2.05, 4.69) is 62.1 Å². The number of benzene rings is 1. The van der Waals surface area contributed by atoms with Crippen LogP contribution in [0.15, 0.2) is 54.7 Å². The summed E-state index contributed by atoms with van der Waals surface area (Å²) >= 11 is 0. The smallest absolute Gasteiger partial charge is 0.0543 e. The second-order valence-corrected chi connectivity index (χ2v) is 7.30. The predicted octanol–water partition coefficient (Wildman–Crippen LogP) is 2.47. The van der Waals surface area contributed by atoms with Crippen molar-refractivity contribution in [1.29, 1.82) is 0 Å². The minimum atomic E-state index is 0.737. The maximum atomic E-state index is 4.46. The molecule has 2 saturated heterocycles. The number of aromatic nitrogens is 1. The van der Waals surface area contributed by atoms with E-state index in [0.29, 0.717) is 0 Å². The van der Waals surface area contributed by atoms with Gasteiger partial charge in [0.15, 0.2) is 0 Å². The van der Waals surface area contributed by atoms with E-state index in [1.807, 2.05) is 12.3 Å². The first-order valence-electron chi connectivity index (χ1n) is 9.49. The highest BCUT2D eigenvalue weighted by atomic mass is 15.3. The number of pyridine rings is 1. The molecule has 1 aromatic heterocycles. The van der Waals surface area contributed by atoms with Crippen LogP contribution in [0.25, 0.3) is 0 Å². The maximum Gasteiger partial charge on any atom is 0.0543 e. The number of nitrogens with zero attached hydrogens (tertiary/aromatic N) is 4. The lowest BCUT2D eigenvalue weighted by Crippen LogP contribution is -2.50. The minimum Gasteiger partial charge on any atom is -0.297 e. The molecular weight excluding hydrogens is 308 g/mol. The zero-order chi connectivity index (χ0) is 16.9. The van der Waals surface area contributed by atoms with Crippen LogP contribution in [0.5, 0.6) is 0 Å². The van der Waals surface area contributed by atoms with Crippen LogP contribution in [0.4, 0.5) is 0 Å². The highest BCUT2D eigenvalue weighted by Crippen LogP contribution is 2.20. The van der Waals surface area contributed by atoms with Crippen LogP contribution < -0.4 is 0 Å². The Bertz CT molecular complexity index is 637. The number of rotatable bonds is 5. The van der Waals surface area contributed by atoms with Crippen molar-refractivity contribution in [3.63, 3.8) is 0 Å². The molecule has 1 aromatic carbocycles. The molecule has 3 heterocycles. The molecule has 25 heavy (non-hydrogen) atoms. The van der Waals surface area contributed by atoms with Crippen molar-refractivity contribution < 1.29 is 0 Å². The molecular formula is C21H28N4. The van der Waals surface area contributed by atoms with Crippen LogP contribution in [0.3, 0.4) is 0 Å². The van der Waals surface area contributed by atoms with Gasteiger partial charge in [0, 0.05) is 64.6 Å². The van der Waals surface area contributed by atoms with Gasteiger partial charge in [-0.3, -0.25) is 19.7 Å². The standard InChI is InChI=1S/C21H28N4/c1-2-6-19(7-3-1)16-24-11-9-21(18-24)25-14-12-23(13-15-25)17-20-8-4-5-10-22-20/h1-8,10,21H,9,11-18H2. The second-order valence-electron chi connectivity index (χ2n) is 7.30. The SMILES string of the molecule is c1ccc(CN2CCC(N3CCN(Cc4ccccn4)CC3)C2)cc1. The van der Waals surface area contributed by atoms with Crippen LogP contribution in [-0.2, 0) is 13.1 Å². The Kier molecular flexibility index (Phi) is 5.40. The van der Waals surface area contributed by atoms with Gasteiger partial charge in [0.05, 0.1) is 5.69 Å². The topological polar surface area (TPSA) is 22.6 Å². The lowest BCUT2D eigenvalue weighted by Gasteiger charge is -2.38. The number of hydrogen-bond acceptors (Lipinski definition) is 4. The lowest BCUT2D eigenvalue weighted by molar-refractivity contribution is 0.0924. The first-order chi connectivity index (χ1) is 12.4. The van der Waals surface area contributed by atoms with Gasteiger partial charge < -0.3 is 0 Å². The normalized spacial score (nSPS) is 23.1. The lowest BCUT2D eigenvalue weighted by atomic mass is 10.2. The summed E-state index contributed by atoms with van der Waals surface area (Å²) < 4.78 is 0. The Hall–Kier alpha value is -1.75. The van der Waals surface area contributed by atoms with Crippen LogP contribution in [0, 0.1) is 0 Å². The van der Waals surface area contributed by atoms with Crippen molar-refractivity contribution in [3.8, 4) is 0 Å². The molecule has 1 unspecified atom stereocenters. The van der Waals surface area contributed by atoms with Gasteiger partial charge >= 0.3 is 0 Å². The summed E-state index contributed by atoms with van der Waals surface area (Å²) in [6, 6.07) is 17.8. The van der Waals surface area contributed by atoms with Crippen LogP contribution >= 0.6 is 0 Å². The summed E-state index contributed by atoms with van der Waals surface area (Å²) in [6.45, 7) is 9.23. The average Bonchev–Trinajstić information content (AvgIpc) is 3.12. The first kappa shape index (κ1) is 16.7. The number of piperazine rings is 1. The molecule has 1 atom stereocenters. The van der Waals surface area contributed by atoms with Crippen LogP contribution in [0.1, 0.15) is 17.7 Å². The average molecular weight is 336 g/mol. The highest BCUT2D eigenvalue weighted by molar-refractivity contribution is 5.14. The Labute approximate surface area is 151 Å². The Morgan fingerprint density at radius 2 is 1.60 bits per heavy atom. The van der Waals surface area contributed by atoms with Crippen LogP contribution in [0.2, 0.25) is 0 Å². The Balaban J connectivity index is 1.23. The summed E-state index contributed by atoms with van der Waals surface area (Å²) in [5, 5.41) is 0. The molecule has 0 N–H and O–H groups in total. The van der Waals surface area contributed by atoms with E-state index in [-0.39, 0.29) is 0 Å². The molecule has 4 rings (SSSR count). The van der Waals surface area contributed by atoms with Crippen molar-refractivity contribution in [2.24, 2.45) is 0 Å². The molecule has 2 aliphatic heterocycles.